The molecule has 0 aliphatic carbocycles. The SMILES string of the molecule is CCC(N)c1cnn(C)c1.Cl.Cl. The van der Waals surface area contributed by atoms with Gasteiger partial charge in [-0.15, -0.1) is 24.8 Å². The van der Waals surface area contributed by atoms with Crippen LogP contribution in [0, 0.1) is 0 Å². The molecule has 0 saturated heterocycles. The highest BCUT2D eigenvalue weighted by Gasteiger charge is 2.03. The van der Waals surface area contributed by atoms with Crippen molar-refractivity contribution >= 4 is 24.8 Å². The first-order chi connectivity index (χ1) is 4.74. The third-order valence-corrected chi connectivity index (χ3v) is 1.59. The van der Waals surface area contributed by atoms with Gasteiger partial charge in [0, 0.05) is 24.8 Å². The van der Waals surface area contributed by atoms with E-state index in [9.17, 15) is 0 Å². The first-order valence-electron chi connectivity index (χ1n) is 3.48. The van der Waals surface area contributed by atoms with Crippen molar-refractivity contribution in [3.63, 3.8) is 0 Å². The van der Waals surface area contributed by atoms with Crippen LogP contribution in [0.5, 0.6) is 0 Å². The number of hydrogen-bond acceptors (Lipinski definition) is 2. The average molecular weight is 212 g/mol. The average Bonchev–Trinajstić information content (AvgIpc) is 2.34. The second-order valence-electron chi connectivity index (χ2n) is 2.46. The Balaban J connectivity index is 0. The molecule has 1 atom stereocenters. The van der Waals surface area contributed by atoms with Gasteiger partial charge in [0.1, 0.15) is 0 Å². The fraction of sp³-hybridized carbons (Fsp3) is 0.571. The first kappa shape index (κ1) is 14.3. The Hall–Kier alpha value is -0.250. The molecule has 0 radical (unpaired) electrons. The number of nitrogens with two attached hydrogens (primary N) is 1. The molecule has 0 amide bonds. The zero-order valence-electron chi connectivity index (χ0n) is 7.23. The number of rotatable bonds is 2. The van der Waals surface area contributed by atoms with E-state index < -0.39 is 0 Å². The molecule has 5 heteroatoms. The zero-order valence-corrected chi connectivity index (χ0v) is 8.86. The number of aryl methyl sites for hydroxylation is 1. The maximum absolute atomic E-state index is 5.75. The number of aromatic nitrogens is 2. The summed E-state index contributed by atoms with van der Waals surface area (Å²) >= 11 is 0. The molecule has 1 aromatic heterocycles. The van der Waals surface area contributed by atoms with E-state index in [1.165, 1.54) is 0 Å². The minimum Gasteiger partial charge on any atom is -0.324 e. The summed E-state index contributed by atoms with van der Waals surface area (Å²) in [6.45, 7) is 2.07. The van der Waals surface area contributed by atoms with Gasteiger partial charge in [0.05, 0.1) is 6.20 Å². The van der Waals surface area contributed by atoms with Crippen LogP contribution in [0.4, 0.5) is 0 Å². The fourth-order valence-electron chi connectivity index (χ4n) is 0.867. The summed E-state index contributed by atoms with van der Waals surface area (Å²) in [4.78, 5) is 0. The van der Waals surface area contributed by atoms with E-state index in [-0.39, 0.29) is 30.9 Å². The van der Waals surface area contributed by atoms with E-state index in [0.717, 1.165) is 12.0 Å². The van der Waals surface area contributed by atoms with Gasteiger partial charge < -0.3 is 5.73 Å². The molecule has 1 aromatic rings. The van der Waals surface area contributed by atoms with Gasteiger partial charge >= 0.3 is 0 Å². The zero-order chi connectivity index (χ0) is 7.56. The van der Waals surface area contributed by atoms with Crippen molar-refractivity contribution in [2.45, 2.75) is 19.4 Å². The van der Waals surface area contributed by atoms with Crippen LogP contribution in [0.2, 0.25) is 0 Å². The van der Waals surface area contributed by atoms with Crippen LogP contribution in [0.15, 0.2) is 12.4 Å². The van der Waals surface area contributed by atoms with E-state index in [4.69, 9.17) is 5.73 Å². The topological polar surface area (TPSA) is 43.8 Å². The van der Waals surface area contributed by atoms with Crippen molar-refractivity contribution in [2.24, 2.45) is 12.8 Å². The standard InChI is InChI=1S/C7H13N3.2ClH/c1-3-7(8)6-4-9-10(2)5-6;;/h4-5,7H,3,8H2,1-2H3;2*1H. The quantitative estimate of drug-likeness (QED) is 0.810. The van der Waals surface area contributed by atoms with Gasteiger partial charge in [-0.2, -0.15) is 5.10 Å². The fourth-order valence-corrected chi connectivity index (χ4v) is 0.867. The van der Waals surface area contributed by atoms with Gasteiger partial charge in [-0.25, -0.2) is 0 Å². The first-order valence-corrected chi connectivity index (χ1v) is 3.48. The smallest absolute Gasteiger partial charge is 0.0537 e. The molecule has 1 unspecified atom stereocenters. The van der Waals surface area contributed by atoms with E-state index in [2.05, 4.69) is 12.0 Å². The Morgan fingerprint density at radius 1 is 1.58 bits per heavy atom. The summed E-state index contributed by atoms with van der Waals surface area (Å²) in [6, 6.07) is 0.147. The third-order valence-electron chi connectivity index (χ3n) is 1.59. The van der Waals surface area contributed by atoms with Crippen molar-refractivity contribution in [1.29, 1.82) is 0 Å². The Kier molecular flexibility index (Phi) is 7.48. The molecule has 0 fully saturated rings. The van der Waals surface area contributed by atoms with Crippen LogP contribution in [-0.2, 0) is 7.05 Å². The number of nitrogens with zero attached hydrogens (tertiary/aromatic N) is 2. The van der Waals surface area contributed by atoms with Gasteiger partial charge in [0.15, 0.2) is 0 Å². The van der Waals surface area contributed by atoms with Crippen LogP contribution in [0.25, 0.3) is 0 Å². The van der Waals surface area contributed by atoms with Crippen molar-refractivity contribution in [3.05, 3.63) is 18.0 Å². The summed E-state index contributed by atoms with van der Waals surface area (Å²) in [7, 11) is 1.89. The number of halogens is 2. The van der Waals surface area contributed by atoms with E-state index in [0.29, 0.717) is 0 Å². The molecule has 0 aromatic carbocycles. The Bertz CT molecular complexity index is 212. The maximum atomic E-state index is 5.75. The largest absolute Gasteiger partial charge is 0.324 e. The second kappa shape index (κ2) is 6.29. The van der Waals surface area contributed by atoms with E-state index in [1.54, 1.807) is 4.68 Å². The maximum Gasteiger partial charge on any atom is 0.0537 e. The predicted molar refractivity (Wildman–Crippen MR) is 54.9 cm³/mol. The lowest BCUT2D eigenvalue weighted by atomic mass is 10.1. The van der Waals surface area contributed by atoms with Crippen molar-refractivity contribution < 1.29 is 0 Å². The summed E-state index contributed by atoms with van der Waals surface area (Å²) in [5.74, 6) is 0. The molecule has 72 valence electrons. The van der Waals surface area contributed by atoms with Crippen LogP contribution in [-0.4, -0.2) is 9.78 Å². The molecule has 1 heterocycles. The van der Waals surface area contributed by atoms with Gasteiger partial charge in [-0.3, -0.25) is 4.68 Å². The lowest BCUT2D eigenvalue weighted by molar-refractivity contribution is 0.696. The van der Waals surface area contributed by atoms with E-state index in [1.807, 2.05) is 19.4 Å². The third kappa shape index (κ3) is 3.43. The van der Waals surface area contributed by atoms with Gasteiger partial charge in [0.25, 0.3) is 0 Å². The molecular weight excluding hydrogens is 197 g/mol. The van der Waals surface area contributed by atoms with Crippen molar-refractivity contribution in [1.82, 2.24) is 9.78 Å². The predicted octanol–water partition coefficient (Wildman–Crippen LogP) is 1.67. The molecule has 3 nitrogen and oxygen atoms in total. The molecule has 1 rings (SSSR count). The minimum absolute atomic E-state index is 0. The number of hydrogen-bond donors (Lipinski definition) is 1. The van der Waals surface area contributed by atoms with E-state index >= 15 is 0 Å². The van der Waals surface area contributed by atoms with Crippen LogP contribution >= 0.6 is 24.8 Å². The Morgan fingerprint density at radius 2 is 2.17 bits per heavy atom. The Labute approximate surface area is 85.1 Å². The summed E-state index contributed by atoms with van der Waals surface area (Å²) < 4.78 is 1.77. The molecule has 0 saturated carbocycles. The molecule has 0 spiro atoms. The summed E-state index contributed by atoms with van der Waals surface area (Å²) in [5, 5.41) is 4.02. The molecule has 0 bridgehead atoms. The summed E-state index contributed by atoms with van der Waals surface area (Å²) in [5.41, 5.74) is 6.87. The molecule has 0 aliphatic rings. The molecule has 12 heavy (non-hydrogen) atoms. The summed E-state index contributed by atoms with van der Waals surface area (Å²) in [6.07, 6.45) is 4.73. The van der Waals surface area contributed by atoms with Gasteiger partial charge in [-0.05, 0) is 6.42 Å². The lowest BCUT2D eigenvalue weighted by Crippen LogP contribution is -2.07. The highest BCUT2D eigenvalue weighted by atomic mass is 35.5. The van der Waals surface area contributed by atoms with Crippen molar-refractivity contribution in [3.8, 4) is 0 Å². The molecule has 0 aliphatic heterocycles. The van der Waals surface area contributed by atoms with Crippen LogP contribution in [0.3, 0.4) is 0 Å². The highest BCUT2D eigenvalue weighted by molar-refractivity contribution is 5.85. The molecular formula is C7H15Cl2N3. The Morgan fingerprint density at radius 3 is 2.50 bits per heavy atom. The van der Waals surface area contributed by atoms with Gasteiger partial charge in [0.2, 0.25) is 0 Å². The molecule has 2 N–H and O–H groups in total. The second-order valence-corrected chi connectivity index (χ2v) is 2.46. The van der Waals surface area contributed by atoms with Gasteiger partial charge in [-0.1, -0.05) is 6.92 Å². The highest BCUT2D eigenvalue weighted by Crippen LogP contribution is 2.10. The minimum atomic E-state index is 0. The monoisotopic (exact) mass is 211 g/mol. The van der Waals surface area contributed by atoms with Crippen LogP contribution < -0.4 is 5.73 Å². The normalized spacial score (nSPS) is 11.2. The van der Waals surface area contributed by atoms with Crippen molar-refractivity contribution in [2.75, 3.05) is 0 Å². The van der Waals surface area contributed by atoms with Crippen LogP contribution in [0.1, 0.15) is 24.9 Å². The lowest BCUT2D eigenvalue weighted by Gasteiger charge is -2.02.